The second-order valence-corrected chi connectivity index (χ2v) is 6.62. The molecule has 0 aromatic heterocycles. The number of hydrogen-bond donors (Lipinski definition) is 1. The van der Waals surface area contributed by atoms with Crippen LogP contribution in [-0.4, -0.2) is 32.4 Å². The Morgan fingerprint density at radius 3 is 2.31 bits per heavy atom. The van der Waals surface area contributed by atoms with Gasteiger partial charge in [-0.25, -0.2) is 5.43 Å². The average molecular weight is 429 g/mol. The first-order valence-corrected chi connectivity index (χ1v) is 9.97. The molecule has 32 heavy (non-hydrogen) atoms. The van der Waals surface area contributed by atoms with Crippen molar-refractivity contribution in [1.29, 1.82) is 5.26 Å². The summed E-state index contributed by atoms with van der Waals surface area (Å²) in [6.45, 7) is 0.744. The fraction of sp³-hybridized carbons (Fsp3) is 0.160. The third kappa shape index (κ3) is 6.34. The first-order chi connectivity index (χ1) is 15.7. The number of nitriles is 1. The van der Waals surface area contributed by atoms with Crippen molar-refractivity contribution in [2.45, 2.75) is 5.92 Å². The Morgan fingerprint density at radius 2 is 1.62 bits per heavy atom. The molecule has 0 spiro atoms. The normalized spacial score (nSPS) is 11.4. The van der Waals surface area contributed by atoms with Crippen LogP contribution < -0.4 is 19.6 Å². The maximum atomic E-state index is 12.2. The number of benzene rings is 3. The summed E-state index contributed by atoms with van der Waals surface area (Å²) in [7, 11) is 1.60. The maximum absolute atomic E-state index is 12.2. The molecule has 0 aliphatic heterocycles. The van der Waals surface area contributed by atoms with Crippen molar-refractivity contribution >= 4 is 12.1 Å². The minimum absolute atomic E-state index is 0.372. The molecule has 162 valence electrons. The van der Waals surface area contributed by atoms with Gasteiger partial charge in [-0.2, -0.15) is 10.4 Å². The van der Waals surface area contributed by atoms with Crippen LogP contribution in [0, 0.1) is 11.3 Å². The van der Waals surface area contributed by atoms with Crippen molar-refractivity contribution in [3.8, 4) is 23.3 Å². The van der Waals surface area contributed by atoms with Gasteiger partial charge >= 0.3 is 0 Å². The minimum Gasteiger partial charge on any atom is -0.493 e. The van der Waals surface area contributed by atoms with E-state index in [4.69, 9.17) is 14.2 Å². The highest BCUT2D eigenvalue weighted by Crippen LogP contribution is 2.25. The summed E-state index contributed by atoms with van der Waals surface area (Å²) < 4.78 is 16.6. The molecule has 7 nitrogen and oxygen atoms in total. The van der Waals surface area contributed by atoms with Gasteiger partial charge in [0, 0.05) is 0 Å². The van der Waals surface area contributed by atoms with Gasteiger partial charge in [0.25, 0.3) is 5.91 Å². The second-order valence-electron chi connectivity index (χ2n) is 6.62. The average Bonchev–Trinajstić information content (AvgIpc) is 2.84. The Bertz CT molecular complexity index is 1080. The third-order valence-electron chi connectivity index (χ3n) is 4.47. The zero-order chi connectivity index (χ0) is 22.6. The van der Waals surface area contributed by atoms with Crippen LogP contribution in [0.25, 0.3) is 0 Å². The number of rotatable bonds is 10. The summed E-state index contributed by atoms with van der Waals surface area (Å²) in [6, 6.07) is 25.5. The fourth-order valence-electron chi connectivity index (χ4n) is 2.86. The van der Waals surface area contributed by atoms with E-state index in [9.17, 15) is 10.1 Å². The molecule has 7 heteroatoms. The number of hydrazone groups is 1. The Kier molecular flexibility index (Phi) is 8.23. The van der Waals surface area contributed by atoms with Crippen molar-refractivity contribution in [2.75, 3.05) is 20.3 Å². The van der Waals surface area contributed by atoms with Gasteiger partial charge in [-0.15, -0.1) is 0 Å². The van der Waals surface area contributed by atoms with Crippen LogP contribution in [0.2, 0.25) is 0 Å². The van der Waals surface area contributed by atoms with Gasteiger partial charge in [0.1, 0.15) is 19.0 Å². The molecule has 0 bridgehead atoms. The lowest BCUT2D eigenvalue weighted by Gasteiger charge is -2.11. The number of carbonyl (C=O) groups is 1. The van der Waals surface area contributed by atoms with Gasteiger partial charge in [0.05, 0.1) is 19.4 Å². The Hall–Kier alpha value is -4.31. The number of carbonyl (C=O) groups excluding carboxylic acids is 1. The lowest BCUT2D eigenvalue weighted by molar-refractivity contribution is -0.121. The fourth-order valence-corrected chi connectivity index (χ4v) is 2.86. The van der Waals surface area contributed by atoms with E-state index < -0.39 is 11.8 Å². The monoisotopic (exact) mass is 429 g/mol. The Morgan fingerprint density at radius 1 is 0.969 bits per heavy atom. The zero-order valence-corrected chi connectivity index (χ0v) is 17.6. The van der Waals surface area contributed by atoms with Gasteiger partial charge in [-0.3, -0.25) is 4.79 Å². The lowest BCUT2D eigenvalue weighted by atomic mass is 10.0. The number of ether oxygens (including phenoxy) is 3. The molecule has 0 aliphatic rings. The van der Waals surface area contributed by atoms with Gasteiger partial charge in [0.2, 0.25) is 0 Å². The smallest absolute Gasteiger partial charge is 0.261 e. The van der Waals surface area contributed by atoms with Crippen LogP contribution in [-0.2, 0) is 4.79 Å². The van der Waals surface area contributed by atoms with Crippen LogP contribution in [0.1, 0.15) is 17.0 Å². The lowest BCUT2D eigenvalue weighted by Crippen LogP contribution is -2.24. The predicted molar refractivity (Wildman–Crippen MR) is 121 cm³/mol. The third-order valence-corrected chi connectivity index (χ3v) is 4.47. The van der Waals surface area contributed by atoms with Crippen molar-refractivity contribution in [1.82, 2.24) is 5.43 Å². The SMILES string of the molecule is COc1ccccc1OCCOc1ccc(/C=N\NC(=O)[C@@H](C#N)c2ccccc2)cc1. The largest absolute Gasteiger partial charge is 0.493 e. The number of para-hydroxylation sites is 2. The molecule has 0 unspecified atom stereocenters. The first-order valence-electron chi connectivity index (χ1n) is 9.97. The van der Waals surface area contributed by atoms with E-state index in [1.807, 2.05) is 48.5 Å². The standard InChI is InChI=1S/C25H23N3O4/c1-30-23-9-5-6-10-24(23)32-16-15-31-21-13-11-19(12-14-21)18-27-28-25(29)22(17-26)20-7-3-2-4-8-20/h2-14,18,22H,15-16H2,1H3,(H,28,29)/b27-18-/t22-/m0/s1. The quantitative estimate of drug-likeness (QED) is 0.300. The zero-order valence-electron chi connectivity index (χ0n) is 17.6. The second kappa shape index (κ2) is 11.8. The molecule has 0 aliphatic carbocycles. The molecule has 0 heterocycles. The van der Waals surface area contributed by atoms with E-state index in [1.165, 1.54) is 6.21 Å². The van der Waals surface area contributed by atoms with Gasteiger partial charge in [-0.05, 0) is 47.5 Å². The maximum Gasteiger partial charge on any atom is 0.261 e. The topological polar surface area (TPSA) is 92.9 Å². The van der Waals surface area contributed by atoms with Gasteiger partial charge < -0.3 is 14.2 Å². The minimum atomic E-state index is -0.915. The molecule has 3 aromatic carbocycles. The number of methoxy groups -OCH3 is 1. The van der Waals surface area contributed by atoms with Crippen molar-refractivity contribution in [2.24, 2.45) is 5.10 Å². The van der Waals surface area contributed by atoms with Crippen molar-refractivity contribution in [3.63, 3.8) is 0 Å². The molecule has 3 rings (SSSR count). The van der Waals surface area contributed by atoms with Crippen LogP contribution in [0.5, 0.6) is 17.2 Å². The number of nitrogens with one attached hydrogen (secondary N) is 1. The van der Waals surface area contributed by atoms with Crippen LogP contribution in [0.15, 0.2) is 84.0 Å². The molecule has 3 aromatic rings. The van der Waals surface area contributed by atoms with Gasteiger partial charge in [-0.1, -0.05) is 42.5 Å². The molecule has 1 atom stereocenters. The van der Waals surface area contributed by atoms with E-state index in [0.717, 1.165) is 5.56 Å². The highest BCUT2D eigenvalue weighted by Gasteiger charge is 2.19. The van der Waals surface area contributed by atoms with Crippen LogP contribution in [0.4, 0.5) is 0 Å². The summed E-state index contributed by atoms with van der Waals surface area (Å²) in [5.41, 5.74) is 3.81. The van der Waals surface area contributed by atoms with Crippen LogP contribution >= 0.6 is 0 Å². The van der Waals surface area contributed by atoms with E-state index in [-0.39, 0.29) is 0 Å². The molecule has 1 amide bonds. The molecule has 0 radical (unpaired) electrons. The summed E-state index contributed by atoms with van der Waals surface area (Å²) in [5.74, 6) is 0.627. The Labute approximate surface area is 186 Å². The molecule has 0 fully saturated rings. The summed E-state index contributed by atoms with van der Waals surface area (Å²) in [6.07, 6.45) is 1.51. The summed E-state index contributed by atoms with van der Waals surface area (Å²) >= 11 is 0. The number of nitrogens with zero attached hydrogens (tertiary/aromatic N) is 2. The van der Waals surface area contributed by atoms with Crippen molar-refractivity contribution in [3.05, 3.63) is 90.0 Å². The number of hydrogen-bond acceptors (Lipinski definition) is 6. The summed E-state index contributed by atoms with van der Waals surface area (Å²) in [4.78, 5) is 12.2. The number of amides is 1. The van der Waals surface area contributed by atoms with Crippen LogP contribution in [0.3, 0.4) is 0 Å². The molecule has 1 N–H and O–H groups in total. The van der Waals surface area contributed by atoms with E-state index >= 15 is 0 Å². The van der Waals surface area contributed by atoms with E-state index in [2.05, 4.69) is 10.5 Å². The van der Waals surface area contributed by atoms with E-state index in [1.54, 1.807) is 43.5 Å². The molecule has 0 saturated heterocycles. The molecule has 0 saturated carbocycles. The Balaban J connectivity index is 1.44. The van der Waals surface area contributed by atoms with Gasteiger partial charge in [0.15, 0.2) is 17.4 Å². The highest BCUT2D eigenvalue weighted by molar-refractivity contribution is 5.88. The molecular weight excluding hydrogens is 406 g/mol. The first kappa shape index (κ1) is 22.4. The predicted octanol–water partition coefficient (Wildman–Crippen LogP) is 3.91. The molecular formula is C25H23N3O4. The van der Waals surface area contributed by atoms with Crippen molar-refractivity contribution < 1.29 is 19.0 Å². The van der Waals surface area contributed by atoms with E-state index in [0.29, 0.717) is 36.0 Å². The highest BCUT2D eigenvalue weighted by atomic mass is 16.5. The summed E-state index contributed by atoms with van der Waals surface area (Å²) in [5, 5.41) is 13.2.